The fourth-order valence-electron chi connectivity index (χ4n) is 2.07. The summed E-state index contributed by atoms with van der Waals surface area (Å²) >= 11 is 0. The molecule has 1 aromatic heterocycles. The Bertz CT molecular complexity index is 761. The molecule has 3 rings (SSSR count). The molecule has 0 bridgehead atoms. The second kappa shape index (κ2) is 6.05. The molecule has 4 nitrogen and oxygen atoms in total. The third-order valence-electron chi connectivity index (χ3n) is 3.17. The lowest BCUT2D eigenvalue weighted by atomic mass is 10.2. The Balaban J connectivity index is 1.78. The van der Waals surface area contributed by atoms with Crippen molar-refractivity contribution in [2.45, 2.75) is 0 Å². The van der Waals surface area contributed by atoms with E-state index in [1.165, 1.54) is 0 Å². The minimum Gasteiger partial charge on any atom is -0.497 e. The van der Waals surface area contributed by atoms with E-state index in [1.54, 1.807) is 19.5 Å². The number of nitrogens with zero attached hydrogens (tertiary/aromatic N) is 2. The Morgan fingerprint density at radius 1 is 1.05 bits per heavy atom. The molecular formula is C17H15N3O. The van der Waals surface area contributed by atoms with E-state index in [0.29, 0.717) is 0 Å². The van der Waals surface area contributed by atoms with Gasteiger partial charge in [0.15, 0.2) is 5.82 Å². The highest BCUT2D eigenvalue weighted by Crippen LogP contribution is 2.20. The number of anilines is 1. The summed E-state index contributed by atoms with van der Waals surface area (Å²) in [5.74, 6) is 1.58. The van der Waals surface area contributed by atoms with Crippen LogP contribution in [0, 0.1) is 0 Å². The Morgan fingerprint density at radius 3 is 2.67 bits per heavy atom. The topological polar surface area (TPSA) is 46.5 Å². The monoisotopic (exact) mass is 277 g/mol. The van der Waals surface area contributed by atoms with Gasteiger partial charge in [0.05, 0.1) is 13.3 Å². The Kier molecular flexibility index (Phi) is 3.78. The number of rotatable bonds is 4. The van der Waals surface area contributed by atoms with Crippen molar-refractivity contribution in [3.63, 3.8) is 0 Å². The van der Waals surface area contributed by atoms with E-state index in [1.807, 2.05) is 48.5 Å². The van der Waals surface area contributed by atoms with Gasteiger partial charge >= 0.3 is 0 Å². The first-order valence-corrected chi connectivity index (χ1v) is 6.64. The number of hydrogen-bond donors (Lipinski definition) is 1. The Hall–Kier alpha value is -2.88. The SMILES string of the molecule is COc1ccc(C=NNc2nccc3ccccc23)cc1. The Labute approximate surface area is 123 Å². The van der Waals surface area contributed by atoms with Crippen LogP contribution in [0.3, 0.4) is 0 Å². The molecule has 0 fully saturated rings. The van der Waals surface area contributed by atoms with Gasteiger partial charge in [-0.05, 0) is 41.3 Å². The predicted octanol–water partition coefficient (Wildman–Crippen LogP) is 3.69. The molecular weight excluding hydrogens is 262 g/mol. The zero-order valence-electron chi connectivity index (χ0n) is 11.7. The minimum absolute atomic E-state index is 0.748. The van der Waals surface area contributed by atoms with Gasteiger partial charge in [-0.15, -0.1) is 0 Å². The largest absolute Gasteiger partial charge is 0.497 e. The lowest BCUT2D eigenvalue weighted by Gasteiger charge is -2.04. The van der Waals surface area contributed by atoms with E-state index in [2.05, 4.69) is 21.6 Å². The standard InChI is InChI=1S/C17H15N3O/c1-21-15-8-6-13(7-9-15)12-19-20-17-16-5-3-2-4-14(16)10-11-18-17/h2-12H,1H3,(H,18,20). The van der Waals surface area contributed by atoms with Crippen LogP contribution >= 0.6 is 0 Å². The van der Waals surface area contributed by atoms with Gasteiger partial charge in [0.25, 0.3) is 0 Å². The first kappa shape index (κ1) is 13.1. The van der Waals surface area contributed by atoms with Crippen LogP contribution in [0.5, 0.6) is 5.75 Å². The van der Waals surface area contributed by atoms with Gasteiger partial charge < -0.3 is 4.74 Å². The van der Waals surface area contributed by atoms with Gasteiger partial charge in [0, 0.05) is 11.6 Å². The molecule has 3 aromatic rings. The van der Waals surface area contributed by atoms with Crippen LogP contribution < -0.4 is 10.2 Å². The molecule has 0 atom stereocenters. The summed E-state index contributed by atoms with van der Waals surface area (Å²) in [6.45, 7) is 0. The fourth-order valence-corrected chi connectivity index (χ4v) is 2.07. The van der Waals surface area contributed by atoms with Crippen LogP contribution in [0.2, 0.25) is 0 Å². The van der Waals surface area contributed by atoms with E-state index in [0.717, 1.165) is 27.9 Å². The molecule has 0 saturated heterocycles. The third-order valence-corrected chi connectivity index (χ3v) is 3.17. The molecule has 0 aliphatic heterocycles. The van der Waals surface area contributed by atoms with Gasteiger partial charge in [-0.2, -0.15) is 5.10 Å². The van der Waals surface area contributed by atoms with E-state index in [4.69, 9.17) is 4.74 Å². The van der Waals surface area contributed by atoms with Crippen LogP contribution in [0.15, 0.2) is 65.9 Å². The first-order valence-electron chi connectivity index (χ1n) is 6.64. The summed E-state index contributed by atoms with van der Waals surface area (Å²) in [5.41, 5.74) is 3.98. The van der Waals surface area contributed by atoms with Gasteiger partial charge in [0.1, 0.15) is 5.75 Å². The molecule has 2 aromatic carbocycles. The number of nitrogens with one attached hydrogen (secondary N) is 1. The highest BCUT2D eigenvalue weighted by atomic mass is 16.5. The molecule has 21 heavy (non-hydrogen) atoms. The summed E-state index contributed by atoms with van der Waals surface area (Å²) in [4.78, 5) is 4.32. The Morgan fingerprint density at radius 2 is 1.86 bits per heavy atom. The maximum absolute atomic E-state index is 5.12. The number of aromatic nitrogens is 1. The second-order valence-corrected chi connectivity index (χ2v) is 4.52. The van der Waals surface area contributed by atoms with Crippen molar-refractivity contribution in [3.8, 4) is 5.75 Å². The molecule has 4 heteroatoms. The van der Waals surface area contributed by atoms with Gasteiger partial charge in [-0.25, -0.2) is 4.98 Å². The number of hydrazone groups is 1. The van der Waals surface area contributed by atoms with E-state index < -0.39 is 0 Å². The number of methoxy groups -OCH3 is 1. The number of benzene rings is 2. The summed E-state index contributed by atoms with van der Waals surface area (Å²) in [6, 6.07) is 17.7. The summed E-state index contributed by atoms with van der Waals surface area (Å²) < 4.78 is 5.12. The maximum Gasteiger partial charge on any atom is 0.154 e. The molecule has 0 amide bonds. The second-order valence-electron chi connectivity index (χ2n) is 4.52. The summed E-state index contributed by atoms with van der Waals surface area (Å²) in [6.07, 6.45) is 3.52. The van der Waals surface area contributed by atoms with Crippen molar-refractivity contribution in [1.82, 2.24) is 4.98 Å². The van der Waals surface area contributed by atoms with Crippen LogP contribution in [0.1, 0.15) is 5.56 Å². The normalized spacial score (nSPS) is 10.9. The zero-order chi connectivity index (χ0) is 14.5. The van der Waals surface area contributed by atoms with Gasteiger partial charge in [0.2, 0.25) is 0 Å². The van der Waals surface area contributed by atoms with Crippen molar-refractivity contribution in [2.75, 3.05) is 12.5 Å². The van der Waals surface area contributed by atoms with Crippen LogP contribution in [0.4, 0.5) is 5.82 Å². The molecule has 0 unspecified atom stereocenters. The summed E-state index contributed by atoms with van der Waals surface area (Å²) in [5, 5.41) is 6.42. The number of pyridine rings is 1. The van der Waals surface area contributed by atoms with Crippen molar-refractivity contribution < 1.29 is 4.74 Å². The van der Waals surface area contributed by atoms with Crippen molar-refractivity contribution in [1.29, 1.82) is 0 Å². The van der Waals surface area contributed by atoms with Gasteiger partial charge in [-0.1, -0.05) is 24.3 Å². The first-order chi connectivity index (χ1) is 10.4. The van der Waals surface area contributed by atoms with E-state index in [9.17, 15) is 0 Å². The number of ether oxygens (including phenoxy) is 1. The molecule has 0 radical (unpaired) electrons. The molecule has 0 spiro atoms. The summed E-state index contributed by atoms with van der Waals surface area (Å²) in [7, 11) is 1.65. The molecule has 0 aliphatic carbocycles. The van der Waals surface area contributed by atoms with Crippen LogP contribution in [-0.4, -0.2) is 18.3 Å². The van der Waals surface area contributed by atoms with Crippen LogP contribution in [0.25, 0.3) is 10.8 Å². The van der Waals surface area contributed by atoms with Crippen molar-refractivity contribution in [2.24, 2.45) is 5.10 Å². The molecule has 0 aliphatic rings. The van der Waals surface area contributed by atoms with Crippen LogP contribution in [-0.2, 0) is 0 Å². The highest BCUT2D eigenvalue weighted by molar-refractivity contribution is 5.92. The highest BCUT2D eigenvalue weighted by Gasteiger charge is 1.99. The van der Waals surface area contributed by atoms with E-state index >= 15 is 0 Å². The predicted molar refractivity (Wildman–Crippen MR) is 86.0 cm³/mol. The fraction of sp³-hybridized carbons (Fsp3) is 0.0588. The average Bonchev–Trinajstić information content (AvgIpc) is 2.56. The zero-order valence-corrected chi connectivity index (χ0v) is 11.7. The van der Waals surface area contributed by atoms with Gasteiger partial charge in [-0.3, -0.25) is 5.43 Å². The van der Waals surface area contributed by atoms with E-state index in [-0.39, 0.29) is 0 Å². The van der Waals surface area contributed by atoms with Crippen molar-refractivity contribution in [3.05, 3.63) is 66.4 Å². The molecule has 0 saturated carbocycles. The molecule has 104 valence electrons. The van der Waals surface area contributed by atoms with Crippen molar-refractivity contribution >= 4 is 22.8 Å². The smallest absolute Gasteiger partial charge is 0.154 e. The lowest BCUT2D eigenvalue weighted by molar-refractivity contribution is 0.415. The third kappa shape index (κ3) is 3.00. The number of fused-ring (bicyclic) bond motifs is 1. The molecule has 1 N–H and O–H groups in total. The maximum atomic E-state index is 5.12. The molecule has 1 heterocycles. The lowest BCUT2D eigenvalue weighted by Crippen LogP contribution is -1.94. The number of hydrogen-bond acceptors (Lipinski definition) is 4. The minimum atomic E-state index is 0.748. The quantitative estimate of drug-likeness (QED) is 0.584. The average molecular weight is 277 g/mol.